The van der Waals surface area contributed by atoms with Crippen LogP contribution in [-0.2, 0) is 20.5 Å². The molecular weight excluding hydrogens is 423 g/mol. The Balaban J connectivity index is 1.64. The molecule has 2 atom stereocenters. The van der Waals surface area contributed by atoms with E-state index >= 15 is 0 Å². The molecule has 9 heteroatoms. The van der Waals surface area contributed by atoms with Gasteiger partial charge in [0.15, 0.2) is 6.10 Å². The smallest absolute Gasteiger partial charge is 0.419 e. The van der Waals surface area contributed by atoms with E-state index in [0.29, 0.717) is 25.1 Å². The molecule has 0 spiro atoms. The number of alkyl halides is 3. The number of hydrogen-bond donors (Lipinski definition) is 1. The molecule has 0 bridgehead atoms. The van der Waals surface area contributed by atoms with E-state index in [1.165, 1.54) is 24.1 Å². The zero-order valence-electron chi connectivity index (χ0n) is 18.2. The maximum absolute atomic E-state index is 13.3. The lowest BCUT2D eigenvalue weighted by Crippen LogP contribution is -2.42. The molecule has 2 aromatic rings. The molecule has 3 rings (SSSR count). The van der Waals surface area contributed by atoms with Crippen LogP contribution in [0, 0.1) is 19.8 Å². The third kappa shape index (κ3) is 5.57. The number of piperidine rings is 1. The number of benzene rings is 1. The number of carbonyl (C=O) groups excluding carboxylic acids is 2. The van der Waals surface area contributed by atoms with Crippen molar-refractivity contribution < 1.29 is 27.5 Å². The van der Waals surface area contributed by atoms with E-state index in [-0.39, 0.29) is 12.4 Å². The van der Waals surface area contributed by atoms with Crippen LogP contribution in [0.5, 0.6) is 0 Å². The monoisotopic (exact) mass is 449 g/mol. The van der Waals surface area contributed by atoms with E-state index in [4.69, 9.17) is 4.74 Å². The highest BCUT2D eigenvalue weighted by Gasteiger charge is 2.38. The lowest BCUT2D eigenvalue weighted by Gasteiger charge is -2.34. The van der Waals surface area contributed by atoms with Crippen LogP contribution >= 0.6 is 0 Å². The Morgan fingerprint density at radius 3 is 2.72 bits per heavy atom. The molecule has 0 radical (unpaired) electrons. The van der Waals surface area contributed by atoms with Crippen molar-refractivity contribution in [1.29, 1.82) is 0 Å². The average Bonchev–Trinajstić information content (AvgIpc) is 2.75. The van der Waals surface area contributed by atoms with Crippen LogP contribution in [0.15, 0.2) is 36.5 Å². The molecule has 1 aliphatic rings. The fourth-order valence-electron chi connectivity index (χ4n) is 3.66. The van der Waals surface area contributed by atoms with Gasteiger partial charge in [0.25, 0.3) is 5.91 Å². The van der Waals surface area contributed by atoms with Crippen molar-refractivity contribution in [3.8, 4) is 0 Å². The zero-order chi connectivity index (χ0) is 23.5. The number of amides is 1. The summed E-state index contributed by atoms with van der Waals surface area (Å²) in [5.74, 6) is -1.92. The fraction of sp³-hybridized carbons (Fsp3) is 0.435. The van der Waals surface area contributed by atoms with Gasteiger partial charge < -0.3 is 15.0 Å². The summed E-state index contributed by atoms with van der Waals surface area (Å²) in [6.45, 7) is 5.63. The predicted molar refractivity (Wildman–Crippen MR) is 114 cm³/mol. The molecular formula is C23H26F3N3O3. The van der Waals surface area contributed by atoms with E-state index in [9.17, 15) is 22.8 Å². The van der Waals surface area contributed by atoms with E-state index in [2.05, 4.69) is 10.3 Å². The van der Waals surface area contributed by atoms with E-state index < -0.39 is 35.6 Å². The second-order valence-corrected chi connectivity index (χ2v) is 8.04. The van der Waals surface area contributed by atoms with Gasteiger partial charge in [0.2, 0.25) is 0 Å². The molecule has 1 aromatic heterocycles. The highest BCUT2D eigenvalue weighted by molar-refractivity contribution is 5.95. The third-order valence-corrected chi connectivity index (χ3v) is 5.46. The summed E-state index contributed by atoms with van der Waals surface area (Å²) in [6.07, 6.45) is -3.31. The number of esters is 1. The summed E-state index contributed by atoms with van der Waals surface area (Å²) in [7, 11) is 0. The summed E-state index contributed by atoms with van der Waals surface area (Å²) in [5.41, 5.74) is 1.65. The van der Waals surface area contributed by atoms with Gasteiger partial charge in [-0.1, -0.05) is 12.1 Å². The summed E-state index contributed by atoms with van der Waals surface area (Å²) in [5, 5.41) is 2.76. The molecule has 1 aliphatic heterocycles. The normalized spacial score (nSPS) is 17.6. The highest BCUT2D eigenvalue weighted by Crippen LogP contribution is 2.36. The number of anilines is 2. The summed E-state index contributed by atoms with van der Waals surface area (Å²) in [4.78, 5) is 30.5. The van der Waals surface area contributed by atoms with Gasteiger partial charge in [0, 0.05) is 25.0 Å². The van der Waals surface area contributed by atoms with Crippen LogP contribution < -0.4 is 10.2 Å². The lowest BCUT2D eigenvalue weighted by molar-refractivity contribution is -0.157. The first-order chi connectivity index (χ1) is 15.1. The Morgan fingerprint density at radius 2 is 2.00 bits per heavy atom. The number of aryl methyl sites for hydroxylation is 2. The molecule has 1 N–H and O–H groups in total. The van der Waals surface area contributed by atoms with E-state index in [1.54, 1.807) is 0 Å². The number of nitrogens with zero attached hydrogens (tertiary/aromatic N) is 2. The minimum atomic E-state index is -4.54. The van der Waals surface area contributed by atoms with Crippen molar-refractivity contribution in [3.63, 3.8) is 0 Å². The molecule has 32 heavy (non-hydrogen) atoms. The first-order valence-electron chi connectivity index (χ1n) is 10.4. The van der Waals surface area contributed by atoms with Crippen molar-refractivity contribution in [2.45, 2.75) is 45.9 Å². The molecule has 0 saturated carbocycles. The molecule has 1 saturated heterocycles. The van der Waals surface area contributed by atoms with Gasteiger partial charge >= 0.3 is 12.1 Å². The highest BCUT2D eigenvalue weighted by atomic mass is 19.4. The van der Waals surface area contributed by atoms with Crippen molar-refractivity contribution in [3.05, 3.63) is 53.2 Å². The van der Waals surface area contributed by atoms with E-state index in [1.807, 2.05) is 32.0 Å². The Morgan fingerprint density at radius 1 is 1.25 bits per heavy atom. The summed E-state index contributed by atoms with van der Waals surface area (Å²) < 4.78 is 45.4. The van der Waals surface area contributed by atoms with Gasteiger partial charge in [0.1, 0.15) is 5.82 Å². The average molecular weight is 449 g/mol. The standard InChI is InChI=1S/C23H26F3N3O3/c1-14-8-9-15(2)19(12-14)28-21(30)16(3)32-22(31)17-6-5-11-29(13-17)20-18(23(24,25)26)7-4-10-27-20/h4,7-10,12,16-17H,5-6,11,13H2,1-3H3,(H,28,30). The predicted octanol–water partition coefficient (Wildman–Crippen LogP) is 4.50. The zero-order valence-corrected chi connectivity index (χ0v) is 18.2. The van der Waals surface area contributed by atoms with Crippen molar-refractivity contribution in [2.75, 3.05) is 23.3 Å². The maximum Gasteiger partial charge on any atom is 0.419 e. The van der Waals surface area contributed by atoms with Crippen LogP contribution in [0.4, 0.5) is 24.7 Å². The minimum Gasteiger partial charge on any atom is -0.452 e. The summed E-state index contributed by atoms with van der Waals surface area (Å²) >= 11 is 0. The summed E-state index contributed by atoms with van der Waals surface area (Å²) in [6, 6.07) is 7.84. The third-order valence-electron chi connectivity index (χ3n) is 5.46. The van der Waals surface area contributed by atoms with Gasteiger partial charge in [-0.25, -0.2) is 4.98 Å². The van der Waals surface area contributed by atoms with Gasteiger partial charge in [-0.2, -0.15) is 13.2 Å². The molecule has 6 nitrogen and oxygen atoms in total. The number of rotatable bonds is 5. The number of carbonyl (C=O) groups is 2. The van der Waals surface area contributed by atoms with E-state index in [0.717, 1.165) is 17.2 Å². The number of aromatic nitrogens is 1. The molecule has 1 fully saturated rings. The second kappa shape index (κ2) is 9.58. The van der Waals surface area contributed by atoms with Crippen LogP contribution in [-0.4, -0.2) is 36.1 Å². The Bertz CT molecular complexity index is 994. The number of hydrogen-bond acceptors (Lipinski definition) is 5. The van der Waals surface area contributed by atoms with Crippen molar-refractivity contribution in [2.24, 2.45) is 5.92 Å². The fourth-order valence-corrected chi connectivity index (χ4v) is 3.66. The lowest BCUT2D eigenvalue weighted by atomic mass is 9.97. The SMILES string of the molecule is Cc1ccc(C)c(NC(=O)C(C)OC(=O)C2CCCN(c3ncccc3C(F)(F)F)C2)c1. The van der Waals surface area contributed by atoms with Crippen LogP contribution in [0.25, 0.3) is 0 Å². The van der Waals surface area contributed by atoms with Crippen LogP contribution in [0.1, 0.15) is 36.5 Å². The van der Waals surface area contributed by atoms with Crippen molar-refractivity contribution in [1.82, 2.24) is 4.98 Å². The molecule has 1 amide bonds. The molecule has 0 aliphatic carbocycles. The van der Waals surface area contributed by atoms with Gasteiger partial charge in [-0.15, -0.1) is 0 Å². The van der Waals surface area contributed by atoms with Gasteiger partial charge in [-0.05, 0) is 62.9 Å². The Kier molecular flexibility index (Phi) is 7.06. The molecule has 1 aromatic carbocycles. The molecule has 2 heterocycles. The molecule has 2 unspecified atom stereocenters. The minimum absolute atomic E-state index is 0.0459. The van der Waals surface area contributed by atoms with Crippen LogP contribution in [0.3, 0.4) is 0 Å². The maximum atomic E-state index is 13.3. The first-order valence-corrected chi connectivity index (χ1v) is 10.4. The number of halogens is 3. The second-order valence-electron chi connectivity index (χ2n) is 8.04. The Hall–Kier alpha value is -3.10. The Labute approximate surface area is 184 Å². The number of nitrogens with one attached hydrogen (secondary N) is 1. The van der Waals surface area contributed by atoms with Crippen LogP contribution in [0.2, 0.25) is 0 Å². The van der Waals surface area contributed by atoms with Crippen molar-refractivity contribution >= 4 is 23.4 Å². The van der Waals surface area contributed by atoms with Gasteiger partial charge in [0.05, 0.1) is 11.5 Å². The quantitative estimate of drug-likeness (QED) is 0.681. The number of ether oxygens (including phenoxy) is 1. The molecule has 172 valence electrons. The topological polar surface area (TPSA) is 71.5 Å². The number of pyridine rings is 1. The largest absolute Gasteiger partial charge is 0.452 e. The first kappa shape index (κ1) is 23.6. The van der Waals surface area contributed by atoms with Gasteiger partial charge in [-0.3, -0.25) is 9.59 Å².